The largest absolute Gasteiger partial charge is 0.481 e. The third kappa shape index (κ3) is 7.05. The second-order valence-electron chi connectivity index (χ2n) is 4.57. The fourth-order valence-corrected chi connectivity index (χ4v) is 1.70. The van der Waals surface area contributed by atoms with Crippen molar-refractivity contribution in [3.63, 3.8) is 0 Å². The Bertz CT molecular complexity index is 517. The molecule has 0 radical (unpaired) electrons. The summed E-state index contributed by atoms with van der Waals surface area (Å²) in [5, 5.41) is 13.7. The van der Waals surface area contributed by atoms with Crippen molar-refractivity contribution >= 4 is 23.6 Å². The summed E-state index contributed by atoms with van der Waals surface area (Å²) in [6, 6.07) is 3.06. The smallest absolute Gasteiger partial charge is 0.303 e. The van der Waals surface area contributed by atoms with E-state index in [0.29, 0.717) is 24.3 Å². The Hall–Kier alpha value is -2.44. The van der Waals surface area contributed by atoms with E-state index in [2.05, 4.69) is 15.6 Å². The van der Waals surface area contributed by atoms with Crippen LogP contribution in [0.4, 0.5) is 5.82 Å². The standard InChI is InChI=1S/C14H19N3O4/c1-10(18)17-12-9-11(6-8-15-12)14(21)16-7-4-2-3-5-13(19)20/h6,8-9H,2-5,7H2,1H3,(H,16,21)(H,19,20)(H,15,17,18). The monoisotopic (exact) mass is 293 g/mol. The molecule has 1 heterocycles. The lowest BCUT2D eigenvalue weighted by atomic mass is 10.2. The first-order valence-electron chi connectivity index (χ1n) is 6.72. The topological polar surface area (TPSA) is 108 Å². The number of carbonyl (C=O) groups is 3. The minimum absolute atomic E-state index is 0.151. The molecule has 3 N–H and O–H groups in total. The summed E-state index contributed by atoms with van der Waals surface area (Å²) in [7, 11) is 0. The fourth-order valence-electron chi connectivity index (χ4n) is 1.70. The summed E-state index contributed by atoms with van der Waals surface area (Å²) in [6.07, 6.45) is 3.68. The van der Waals surface area contributed by atoms with Crippen LogP contribution < -0.4 is 10.6 Å². The minimum atomic E-state index is -0.804. The Morgan fingerprint density at radius 3 is 2.67 bits per heavy atom. The van der Waals surface area contributed by atoms with Gasteiger partial charge in [-0.3, -0.25) is 14.4 Å². The van der Waals surface area contributed by atoms with Gasteiger partial charge in [0.05, 0.1) is 0 Å². The number of amides is 2. The van der Waals surface area contributed by atoms with E-state index in [4.69, 9.17) is 5.11 Å². The maximum Gasteiger partial charge on any atom is 0.303 e. The number of anilines is 1. The predicted molar refractivity (Wildman–Crippen MR) is 77.0 cm³/mol. The van der Waals surface area contributed by atoms with E-state index in [0.717, 1.165) is 12.8 Å². The van der Waals surface area contributed by atoms with Gasteiger partial charge in [-0.05, 0) is 25.0 Å². The molecule has 0 fully saturated rings. The molecule has 0 unspecified atom stereocenters. The van der Waals surface area contributed by atoms with Crippen LogP contribution in [0.15, 0.2) is 18.3 Å². The number of carbonyl (C=O) groups excluding carboxylic acids is 2. The maximum absolute atomic E-state index is 11.9. The highest BCUT2D eigenvalue weighted by Gasteiger charge is 2.07. The van der Waals surface area contributed by atoms with Gasteiger partial charge in [-0.1, -0.05) is 6.42 Å². The normalized spacial score (nSPS) is 9.95. The molecule has 0 aliphatic rings. The molecule has 0 atom stereocenters. The molecular formula is C14H19N3O4. The Morgan fingerprint density at radius 2 is 2.00 bits per heavy atom. The summed E-state index contributed by atoms with van der Waals surface area (Å²) in [5.41, 5.74) is 0.416. The first kappa shape index (κ1) is 16.6. The van der Waals surface area contributed by atoms with Gasteiger partial charge in [0.15, 0.2) is 0 Å². The number of aromatic nitrogens is 1. The number of pyridine rings is 1. The molecule has 0 aliphatic heterocycles. The molecule has 7 nitrogen and oxygen atoms in total. The molecule has 7 heteroatoms. The Balaban J connectivity index is 2.35. The Kier molecular flexibility index (Phi) is 6.86. The third-order valence-electron chi connectivity index (χ3n) is 2.68. The van der Waals surface area contributed by atoms with Crippen molar-refractivity contribution in [3.8, 4) is 0 Å². The molecule has 2 amide bonds. The molecule has 1 rings (SSSR count). The van der Waals surface area contributed by atoms with E-state index in [9.17, 15) is 14.4 Å². The van der Waals surface area contributed by atoms with Crippen molar-refractivity contribution in [3.05, 3.63) is 23.9 Å². The van der Waals surface area contributed by atoms with Gasteiger partial charge in [0.25, 0.3) is 5.91 Å². The number of aliphatic carboxylic acids is 1. The number of carboxylic acid groups (broad SMARTS) is 1. The average Bonchev–Trinajstić information content (AvgIpc) is 2.41. The first-order chi connectivity index (χ1) is 9.99. The Labute approximate surface area is 122 Å². The zero-order valence-electron chi connectivity index (χ0n) is 11.9. The predicted octanol–water partition coefficient (Wildman–Crippen LogP) is 1.41. The van der Waals surface area contributed by atoms with Gasteiger partial charge in [0, 0.05) is 31.6 Å². The van der Waals surface area contributed by atoms with Gasteiger partial charge in [-0.2, -0.15) is 0 Å². The van der Waals surface area contributed by atoms with Gasteiger partial charge in [-0.25, -0.2) is 4.98 Å². The lowest BCUT2D eigenvalue weighted by Crippen LogP contribution is -2.24. The van der Waals surface area contributed by atoms with Crippen LogP contribution in [0.25, 0.3) is 0 Å². The lowest BCUT2D eigenvalue weighted by Gasteiger charge is -2.06. The molecule has 0 bridgehead atoms. The van der Waals surface area contributed by atoms with E-state index < -0.39 is 5.97 Å². The van der Waals surface area contributed by atoms with Crippen molar-refractivity contribution in [1.82, 2.24) is 10.3 Å². The van der Waals surface area contributed by atoms with Crippen molar-refractivity contribution in [2.45, 2.75) is 32.6 Å². The number of rotatable bonds is 8. The average molecular weight is 293 g/mol. The SMILES string of the molecule is CC(=O)Nc1cc(C(=O)NCCCCCC(=O)O)ccn1. The van der Waals surface area contributed by atoms with E-state index >= 15 is 0 Å². The first-order valence-corrected chi connectivity index (χ1v) is 6.72. The fraction of sp³-hybridized carbons (Fsp3) is 0.429. The molecule has 0 saturated carbocycles. The van der Waals surface area contributed by atoms with Gasteiger partial charge in [-0.15, -0.1) is 0 Å². The number of carboxylic acids is 1. The van der Waals surface area contributed by atoms with Crippen LogP contribution in [0.5, 0.6) is 0 Å². The summed E-state index contributed by atoms with van der Waals surface area (Å²) >= 11 is 0. The number of hydrogen-bond donors (Lipinski definition) is 3. The second-order valence-corrected chi connectivity index (χ2v) is 4.57. The zero-order chi connectivity index (χ0) is 15.7. The Morgan fingerprint density at radius 1 is 1.24 bits per heavy atom. The number of nitrogens with one attached hydrogen (secondary N) is 2. The van der Waals surface area contributed by atoms with E-state index in [-0.39, 0.29) is 18.2 Å². The summed E-state index contributed by atoms with van der Waals surface area (Å²) in [4.78, 5) is 37.1. The third-order valence-corrected chi connectivity index (χ3v) is 2.68. The minimum Gasteiger partial charge on any atom is -0.481 e. The molecule has 114 valence electrons. The summed E-state index contributed by atoms with van der Waals surface area (Å²) in [6.45, 7) is 1.85. The molecule has 1 aromatic rings. The van der Waals surface area contributed by atoms with Crippen molar-refractivity contribution < 1.29 is 19.5 Å². The molecule has 0 aliphatic carbocycles. The van der Waals surface area contributed by atoms with Crippen LogP contribution in [0.3, 0.4) is 0 Å². The van der Waals surface area contributed by atoms with Crippen molar-refractivity contribution in [2.24, 2.45) is 0 Å². The van der Waals surface area contributed by atoms with E-state index in [1.165, 1.54) is 19.2 Å². The quantitative estimate of drug-likeness (QED) is 0.628. The number of nitrogens with zero attached hydrogens (tertiary/aromatic N) is 1. The molecule has 21 heavy (non-hydrogen) atoms. The number of hydrogen-bond acceptors (Lipinski definition) is 4. The lowest BCUT2D eigenvalue weighted by molar-refractivity contribution is -0.137. The van der Waals surface area contributed by atoms with Crippen LogP contribution >= 0.6 is 0 Å². The second kappa shape index (κ2) is 8.68. The van der Waals surface area contributed by atoms with E-state index in [1.54, 1.807) is 6.07 Å². The van der Waals surface area contributed by atoms with Crippen LogP contribution in [-0.2, 0) is 9.59 Å². The highest BCUT2D eigenvalue weighted by molar-refractivity contribution is 5.96. The van der Waals surface area contributed by atoms with Crippen molar-refractivity contribution in [1.29, 1.82) is 0 Å². The molecule has 1 aromatic heterocycles. The molecule has 0 spiro atoms. The van der Waals surface area contributed by atoms with Crippen LogP contribution in [-0.4, -0.2) is 34.4 Å². The highest BCUT2D eigenvalue weighted by Crippen LogP contribution is 2.07. The van der Waals surface area contributed by atoms with Crippen LogP contribution in [0.1, 0.15) is 43.0 Å². The highest BCUT2D eigenvalue weighted by atomic mass is 16.4. The maximum atomic E-state index is 11.9. The van der Waals surface area contributed by atoms with Gasteiger partial charge < -0.3 is 15.7 Å². The summed E-state index contributed by atoms with van der Waals surface area (Å²) < 4.78 is 0. The van der Waals surface area contributed by atoms with Crippen LogP contribution in [0, 0.1) is 0 Å². The molecule has 0 aromatic carbocycles. The van der Waals surface area contributed by atoms with Gasteiger partial charge >= 0.3 is 5.97 Å². The number of unbranched alkanes of at least 4 members (excludes halogenated alkanes) is 2. The van der Waals surface area contributed by atoms with Gasteiger partial charge in [0.2, 0.25) is 5.91 Å². The van der Waals surface area contributed by atoms with E-state index in [1.807, 2.05) is 0 Å². The van der Waals surface area contributed by atoms with Crippen LogP contribution in [0.2, 0.25) is 0 Å². The summed E-state index contributed by atoms with van der Waals surface area (Å²) in [5.74, 6) is -0.973. The van der Waals surface area contributed by atoms with Gasteiger partial charge in [0.1, 0.15) is 5.82 Å². The molecular weight excluding hydrogens is 274 g/mol. The van der Waals surface area contributed by atoms with Crippen molar-refractivity contribution in [2.75, 3.05) is 11.9 Å². The zero-order valence-corrected chi connectivity index (χ0v) is 11.9. The molecule has 0 saturated heterocycles.